The van der Waals surface area contributed by atoms with Crippen LogP contribution in [0.3, 0.4) is 0 Å². The van der Waals surface area contributed by atoms with E-state index < -0.39 is 10.0 Å². The van der Waals surface area contributed by atoms with E-state index >= 15 is 0 Å². The molecule has 114 valence electrons. The third kappa shape index (κ3) is 3.80. The molecule has 0 radical (unpaired) electrons. The molecule has 0 spiro atoms. The first-order valence-corrected chi connectivity index (χ1v) is 8.86. The van der Waals surface area contributed by atoms with Crippen LogP contribution in [0, 0.1) is 12.8 Å². The zero-order chi connectivity index (χ0) is 14.8. The van der Waals surface area contributed by atoms with Crippen molar-refractivity contribution >= 4 is 10.0 Å². The van der Waals surface area contributed by atoms with E-state index in [0.717, 1.165) is 25.9 Å². The number of aryl methyl sites for hydroxylation is 1. The first-order chi connectivity index (χ1) is 9.38. The molecule has 2 heterocycles. The Kier molecular flexibility index (Phi) is 4.82. The zero-order valence-electron chi connectivity index (χ0n) is 12.5. The number of piperidine rings is 1. The normalized spacial score (nSPS) is 21.2. The van der Waals surface area contributed by atoms with Gasteiger partial charge in [-0.1, -0.05) is 0 Å². The SMILES string of the molecule is Cc1c(CNCC2CCCN(S(C)(=O)=O)C2)cnn1C. The number of rotatable bonds is 5. The van der Waals surface area contributed by atoms with E-state index in [-0.39, 0.29) is 0 Å². The van der Waals surface area contributed by atoms with Crippen LogP contribution in [0.25, 0.3) is 0 Å². The van der Waals surface area contributed by atoms with Crippen LogP contribution in [-0.2, 0) is 23.6 Å². The van der Waals surface area contributed by atoms with Crippen LogP contribution in [0.5, 0.6) is 0 Å². The molecule has 1 fully saturated rings. The Morgan fingerprint density at radius 3 is 2.85 bits per heavy atom. The Morgan fingerprint density at radius 2 is 2.25 bits per heavy atom. The molecule has 0 aromatic carbocycles. The smallest absolute Gasteiger partial charge is 0.211 e. The quantitative estimate of drug-likeness (QED) is 0.859. The van der Waals surface area contributed by atoms with Crippen molar-refractivity contribution < 1.29 is 8.42 Å². The summed E-state index contributed by atoms with van der Waals surface area (Å²) in [6.45, 7) is 4.99. The van der Waals surface area contributed by atoms with Gasteiger partial charge < -0.3 is 5.32 Å². The summed E-state index contributed by atoms with van der Waals surface area (Å²) >= 11 is 0. The molecule has 1 aromatic rings. The van der Waals surface area contributed by atoms with E-state index in [9.17, 15) is 8.42 Å². The molecule has 1 aromatic heterocycles. The number of nitrogens with one attached hydrogen (secondary N) is 1. The van der Waals surface area contributed by atoms with E-state index in [1.807, 2.05) is 17.9 Å². The van der Waals surface area contributed by atoms with E-state index in [2.05, 4.69) is 17.3 Å². The van der Waals surface area contributed by atoms with Crippen molar-refractivity contribution in [3.8, 4) is 0 Å². The third-order valence-corrected chi connectivity index (χ3v) is 5.31. The lowest BCUT2D eigenvalue weighted by atomic mass is 10.00. The van der Waals surface area contributed by atoms with Crippen molar-refractivity contribution in [1.82, 2.24) is 19.4 Å². The van der Waals surface area contributed by atoms with Crippen LogP contribution in [0.2, 0.25) is 0 Å². The molecule has 6 nitrogen and oxygen atoms in total. The molecule has 0 bridgehead atoms. The van der Waals surface area contributed by atoms with Gasteiger partial charge in [-0.3, -0.25) is 4.68 Å². The van der Waals surface area contributed by atoms with Crippen molar-refractivity contribution in [3.63, 3.8) is 0 Å². The maximum atomic E-state index is 11.6. The Hall–Kier alpha value is -0.920. The topological polar surface area (TPSA) is 67.2 Å². The fraction of sp³-hybridized carbons (Fsp3) is 0.769. The van der Waals surface area contributed by atoms with E-state index in [1.165, 1.54) is 17.5 Å². The van der Waals surface area contributed by atoms with Crippen molar-refractivity contribution in [2.24, 2.45) is 13.0 Å². The van der Waals surface area contributed by atoms with Crippen LogP contribution in [0.15, 0.2) is 6.20 Å². The average Bonchev–Trinajstić information content (AvgIpc) is 2.70. The largest absolute Gasteiger partial charge is 0.312 e. The molecule has 1 aliphatic rings. The summed E-state index contributed by atoms with van der Waals surface area (Å²) in [5, 5.41) is 7.64. The Labute approximate surface area is 121 Å². The summed E-state index contributed by atoms with van der Waals surface area (Å²) in [6.07, 6.45) is 5.21. The van der Waals surface area contributed by atoms with Crippen LogP contribution in [0.4, 0.5) is 0 Å². The van der Waals surface area contributed by atoms with Crippen LogP contribution in [-0.4, -0.2) is 48.4 Å². The lowest BCUT2D eigenvalue weighted by Gasteiger charge is -2.31. The maximum Gasteiger partial charge on any atom is 0.211 e. The molecule has 0 aliphatic carbocycles. The molecule has 1 aliphatic heterocycles. The standard InChI is InChI=1S/C13H24N4O2S/c1-11-13(9-15-16(11)2)8-14-7-12-5-4-6-17(10-12)20(3,18)19/h9,12,14H,4-8,10H2,1-3H3. The van der Waals surface area contributed by atoms with E-state index in [4.69, 9.17) is 0 Å². The zero-order valence-corrected chi connectivity index (χ0v) is 13.3. The Morgan fingerprint density at radius 1 is 1.50 bits per heavy atom. The predicted octanol–water partition coefficient (Wildman–Crippen LogP) is 0.490. The van der Waals surface area contributed by atoms with Gasteiger partial charge in [0.1, 0.15) is 0 Å². The van der Waals surface area contributed by atoms with Gasteiger partial charge in [0.2, 0.25) is 10.0 Å². The molecule has 1 unspecified atom stereocenters. The van der Waals surface area contributed by atoms with E-state index in [0.29, 0.717) is 19.0 Å². The first-order valence-electron chi connectivity index (χ1n) is 7.01. The van der Waals surface area contributed by atoms with Crippen molar-refractivity contribution in [2.45, 2.75) is 26.3 Å². The van der Waals surface area contributed by atoms with Gasteiger partial charge in [0.05, 0.1) is 12.5 Å². The molecule has 1 atom stereocenters. The lowest BCUT2D eigenvalue weighted by Crippen LogP contribution is -2.42. The fourth-order valence-electron chi connectivity index (χ4n) is 2.62. The molecular weight excluding hydrogens is 276 g/mol. The highest BCUT2D eigenvalue weighted by Crippen LogP contribution is 2.18. The summed E-state index contributed by atoms with van der Waals surface area (Å²) in [4.78, 5) is 0. The van der Waals surface area contributed by atoms with Gasteiger partial charge in [-0.15, -0.1) is 0 Å². The number of aromatic nitrogens is 2. The molecular formula is C13H24N4O2S. The number of nitrogens with zero attached hydrogens (tertiary/aromatic N) is 3. The third-order valence-electron chi connectivity index (χ3n) is 4.04. The lowest BCUT2D eigenvalue weighted by molar-refractivity contribution is 0.261. The summed E-state index contributed by atoms with van der Waals surface area (Å²) in [5.41, 5.74) is 2.36. The average molecular weight is 300 g/mol. The van der Waals surface area contributed by atoms with Gasteiger partial charge in [-0.05, 0) is 32.2 Å². The molecule has 20 heavy (non-hydrogen) atoms. The van der Waals surface area contributed by atoms with Crippen molar-refractivity contribution in [3.05, 3.63) is 17.5 Å². The highest BCUT2D eigenvalue weighted by Gasteiger charge is 2.25. The van der Waals surface area contributed by atoms with Crippen molar-refractivity contribution in [1.29, 1.82) is 0 Å². The minimum absolute atomic E-state index is 0.399. The van der Waals surface area contributed by atoms with Crippen LogP contribution in [0.1, 0.15) is 24.1 Å². The van der Waals surface area contributed by atoms with Gasteiger partial charge in [-0.25, -0.2) is 12.7 Å². The molecule has 0 saturated carbocycles. The number of sulfonamides is 1. The van der Waals surface area contributed by atoms with E-state index in [1.54, 1.807) is 4.31 Å². The van der Waals surface area contributed by atoms with Crippen molar-refractivity contribution in [2.75, 3.05) is 25.9 Å². The van der Waals surface area contributed by atoms with Gasteiger partial charge >= 0.3 is 0 Å². The predicted molar refractivity (Wildman–Crippen MR) is 78.8 cm³/mol. The molecule has 2 rings (SSSR count). The Bertz CT molecular complexity index is 553. The summed E-state index contributed by atoms with van der Waals surface area (Å²) in [5.74, 6) is 0.399. The molecule has 1 saturated heterocycles. The summed E-state index contributed by atoms with van der Waals surface area (Å²) in [7, 11) is -1.11. The first kappa shape index (κ1) is 15.5. The summed E-state index contributed by atoms with van der Waals surface area (Å²) in [6, 6.07) is 0. The van der Waals surface area contributed by atoms with Crippen LogP contribution >= 0.6 is 0 Å². The second-order valence-corrected chi connectivity index (χ2v) is 7.62. The minimum atomic E-state index is -3.05. The minimum Gasteiger partial charge on any atom is -0.312 e. The molecule has 0 amide bonds. The highest BCUT2D eigenvalue weighted by atomic mass is 32.2. The van der Waals surface area contributed by atoms with Gasteiger partial charge in [-0.2, -0.15) is 5.10 Å². The maximum absolute atomic E-state index is 11.6. The van der Waals surface area contributed by atoms with Gasteiger partial charge in [0, 0.05) is 37.9 Å². The molecule has 7 heteroatoms. The number of hydrogen-bond acceptors (Lipinski definition) is 4. The second-order valence-electron chi connectivity index (χ2n) is 5.64. The fourth-order valence-corrected chi connectivity index (χ4v) is 3.57. The second kappa shape index (κ2) is 6.24. The van der Waals surface area contributed by atoms with Crippen LogP contribution < -0.4 is 5.32 Å². The highest BCUT2D eigenvalue weighted by molar-refractivity contribution is 7.88. The summed E-state index contributed by atoms with van der Waals surface area (Å²) < 4.78 is 26.6. The van der Waals surface area contributed by atoms with Gasteiger partial charge in [0.15, 0.2) is 0 Å². The number of hydrogen-bond donors (Lipinski definition) is 1. The monoisotopic (exact) mass is 300 g/mol. The van der Waals surface area contributed by atoms with Gasteiger partial charge in [0.25, 0.3) is 0 Å². The Balaban J connectivity index is 1.81. The molecule has 1 N–H and O–H groups in total.